The number of nitrogens with one attached hydrogen (secondary N) is 2. The maximum absolute atomic E-state index is 13.1. The first-order valence-electron chi connectivity index (χ1n) is 9.42. The molecule has 2 amide bonds. The van der Waals surface area contributed by atoms with Crippen LogP contribution in [0.3, 0.4) is 0 Å². The van der Waals surface area contributed by atoms with E-state index < -0.39 is 0 Å². The molecular formula is C21H24FN5OS. The second-order valence-corrected chi connectivity index (χ2v) is 7.59. The first-order valence-corrected chi connectivity index (χ1v) is 10.4. The van der Waals surface area contributed by atoms with Crippen molar-refractivity contribution in [3.05, 3.63) is 71.3 Å². The van der Waals surface area contributed by atoms with Gasteiger partial charge in [0.15, 0.2) is 11.0 Å². The number of aromatic nitrogens is 3. The number of aryl methyl sites for hydroxylation is 1. The minimum Gasteiger partial charge on any atom is -0.338 e. The van der Waals surface area contributed by atoms with Gasteiger partial charge in [0.2, 0.25) is 0 Å². The molecule has 0 spiro atoms. The molecule has 0 aliphatic carbocycles. The van der Waals surface area contributed by atoms with Gasteiger partial charge >= 0.3 is 6.03 Å². The SMILES string of the molecule is CCNC(=O)N[C@@H](C)c1nnc(SCc2ccc(F)cc2)n1-c1ccc(C)cc1. The number of halogens is 1. The lowest BCUT2D eigenvalue weighted by atomic mass is 10.2. The second-order valence-electron chi connectivity index (χ2n) is 6.65. The summed E-state index contributed by atoms with van der Waals surface area (Å²) in [4.78, 5) is 11.9. The molecule has 1 heterocycles. The van der Waals surface area contributed by atoms with Crippen molar-refractivity contribution in [1.29, 1.82) is 0 Å². The van der Waals surface area contributed by atoms with Gasteiger partial charge in [-0.2, -0.15) is 0 Å². The monoisotopic (exact) mass is 413 g/mol. The third kappa shape index (κ3) is 5.35. The molecule has 0 saturated carbocycles. The van der Waals surface area contributed by atoms with E-state index in [0.29, 0.717) is 23.3 Å². The average molecular weight is 414 g/mol. The Morgan fingerprint density at radius 1 is 1.14 bits per heavy atom. The maximum atomic E-state index is 13.1. The van der Waals surface area contributed by atoms with Crippen LogP contribution in [-0.4, -0.2) is 27.3 Å². The molecule has 8 heteroatoms. The van der Waals surface area contributed by atoms with Gasteiger partial charge in [-0.05, 0) is 50.6 Å². The zero-order valence-electron chi connectivity index (χ0n) is 16.6. The van der Waals surface area contributed by atoms with Crippen LogP contribution >= 0.6 is 11.8 Å². The number of carbonyl (C=O) groups excluding carboxylic acids is 1. The molecular weight excluding hydrogens is 389 g/mol. The smallest absolute Gasteiger partial charge is 0.315 e. The highest BCUT2D eigenvalue weighted by Gasteiger charge is 2.21. The standard InChI is InChI=1S/C21H24FN5OS/c1-4-23-20(28)24-15(3)19-25-26-21(27(19)18-11-5-14(2)6-12-18)29-13-16-7-9-17(22)10-8-16/h5-12,15H,4,13H2,1-3H3,(H2,23,24,28)/t15-/m0/s1. The summed E-state index contributed by atoms with van der Waals surface area (Å²) >= 11 is 1.51. The molecule has 0 aliphatic rings. The van der Waals surface area contributed by atoms with Crippen molar-refractivity contribution in [3.63, 3.8) is 0 Å². The third-order valence-electron chi connectivity index (χ3n) is 4.30. The molecule has 29 heavy (non-hydrogen) atoms. The Balaban J connectivity index is 1.89. The number of urea groups is 1. The Bertz CT molecular complexity index is 956. The highest BCUT2D eigenvalue weighted by molar-refractivity contribution is 7.98. The quantitative estimate of drug-likeness (QED) is 0.564. The van der Waals surface area contributed by atoms with Crippen LogP contribution in [0.5, 0.6) is 0 Å². The van der Waals surface area contributed by atoms with E-state index in [1.54, 1.807) is 12.1 Å². The molecule has 0 radical (unpaired) electrons. The van der Waals surface area contributed by atoms with Gasteiger partial charge in [-0.25, -0.2) is 9.18 Å². The summed E-state index contributed by atoms with van der Waals surface area (Å²) in [6.45, 7) is 6.31. The molecule has 0 aliphatic heterocycles. The van der Waals surface area contributed by atoms with E-state index in [1.165, 1.54) is 23.9 Å². The van der Waals surface area contributed by atoms with E-state index in [1.807, 2.05) is 49.6 Å². The topological polar surface area (TPSA) is 71.8 Å². The highest BCUT2D eigenvalue weighted by Crippen LogP contribution is 2.27. The molecule has 0 fully saturated rings. The van der Waals surface area contributed by atoms with Crippen molar-refractivity contribution in [1.82, 2.24) is 25.4 Å². The third-order valence-corrected chi connectivity index (χ3v) is 5.30. The first-order chi connectivity index (χ1) is 14.0. The predicted molar refractivity (Wildman–Crippen MR) is 113 cm³/mol. The molecule has 0 saturated heterocycles. The van der Waals surface area contributed by atoms with Gasteiger partial charge in [-0.1, -0.05) is 41.6 Å². The number of thioether (sulfide) groups is 1. The van der Waals surface area contributed by atoms with Crippen LogP contribution in [0.15, 0.2) is 53.7 Å². The average Bonchev–Trinajstić information content (AvgIpc) is 3.12. The van der Waals surface area contributed by atoms with Crippen LogP contribution in [0.2, 0.25) is 0 Å². The molecule has 152 valence electrons. The largest absolute Gasteiger partial charge is 0.338 e. The molecule has 1 aromatic heterocycles. The number of nitrogens with zero attached hydrogens (tertiary/aromatic N) is 3. The maximum Gasteiger partial charge on any atom is 0.315 e. The van der Waals surface area contributed by atoms with Gasteiger partial charge in [0.05, 0.1) is 6.04 Å². The Kier molecular flexibility index (Phi) is 6.87. The normalized spacial score (nSPS) is 11.9. The van der Waals surface area contributed by atoms with Crippen molar-refractivity contribution in [2.45, 2.75) is 37.7 Å². The molecule has 3 rings (SSSR count). The Hall–Kier alpha value is -2.87. The molecule has 3 aromatic rings. The lowest BCUT2D eigenvalue weighted by Gasteiger charge is -2.16. The number of rotatable bonds is 7. The Morgan fingerprint density at radius 2 is 1.83 bits per heavy atom. The van der Waals surface area contributed by atoms with E-state index in [0.717, 1.165) is 16.8 Å². The van der Waals surface area contributed by atoms with Crippen molar-refractivity contribution in [2.24, 2.45) is 0 Å². The second kappa shape index (κ2) is 9.56. The van der Waals surface area contributed by atoms with E-state index in [4.69, 9.17) is 0 Å². The minimum atomic E-state index is -0.337. The zero-order chi connectivity index (χ0) is 20.8. The Morgan fingerprint density at radius 3 is 2.48 bits per heavy atom. The Labute approximate surface area is 173 Å². The number of hydrogen-bond acceptors (Lipinski definition) is 4. The lowest BCUT2D eigenvalue weighted by Crippen LogP contribution is -2.37. The summed E-state index contributed by atoms with van der Waals surface area (Å²) in [6.07, 6.45) is 0. The fourth-order valence-corrected chi connectivity index (χ4v) is 3.71. The van der Waals surface area contributed by atoms with Crippen molar-refractivity contribution < 1.29 is 9.18 Å². The fraction of sp³-hybridized carbons (Fsp3) is 0.286. The predicted octanol–water partition coefficient (Wildman–Crippen LogP) is 4.39. The summed E-state index contributed by atoms with van der Waals surface area (Å²) in [5.74, 6) is 1.01. The number of carbonyl (C=O) groups is 1. The minimum absolute atomic E-state index is 0.251. The van der Waals surface area contributed by atoms with Gasteiger partial charge < -0.3 is 10.6 Å². The molecule has 2 N–H and O–H groups in total. The van der Waals surface area contributed by atoms with Gasteiger partial charge in [-0.3, -0.25) is 4.57 Å². The van der Waals surface area contributed by atoms with Crippen molar-refractivity contribution in [2.75, 3.05) is 6.54 Å². The molecule has 0 unspecified atom stereocenters. The van der Waals surface area contributed by atoms with Crippen LogP contribution in [0.1, 0.15) is 36.8 Å². The highest BCUT2D eigenvalue weighted by atomic mass is 32.2. The summed E-state index contributed by atoms with van der Waals surface area (Å²) in [5, 5.41) is 15.0. The summed E-state index contributed by atoms with van der Waals surface area (Å²) in [7, 11) is 0. The summed E-state index contributed by atoms with van der Waals surface area (Å²) in [5.41, 5.74) is 3.06. The van der Waals surface area contributed by atoms with Crippen LogP contribution in [0, 0.1) is 12.7 Å². The van der Waals surface area contributed by atoms with Crippen LogP contribution in [-0.2, 0) is 5.75 Å². The number of benzene rings is 2. The summed E-state index contributed by atoms with van der Waals surface area (Å²) < 4.78 is 15.1. The van der Waals surface area contributed by atoms with Gasteiger partial charge in [-0.15, -0.1) is 10.2 Å². The van der Waals surface area contributed by atoms with Crippen molar-refractivity contribution >= 4 is 17.8 Å². The fourth-order valence-electron chi connectivity index (χ4n) is 2.79. The molecule has 1 atom stereocenters. The zero-order valence-corrected chi connectivity index (χ0v) is 17.5. The van der Waals surface area contributed by atoms with Gasteiger partial charge in [0.25, 0.3) is 0 Å². The lowest BCUT2D eigenvalue weighted by molar-refractivity contribution is 0.238. The van der Waals surface area contributed by atoms with Gasteiger partial charge in [0.1, 0.15) is 5.82 Å². The van der Waals surface area contributed by atoms with E-state index in [2.05, 4.69) is 20.8 Å². The van der Waals surface area contributed by atoms with Crippen molar-refractivity contribution in [3.8, 4) is 5.69 Å². The number of amides is 2. The van der Waals surface area contributed by atoms with E-state index >= 15 is 0 Å². The summed E-state index contributed by atoms with van der Waals surface area (Å²) in [6, 6.07) is 13.9. The molecule has 6 nitrogen and oxygen atoms in total. The van der Waals surface area contributed by atoms with Crippen LogP contribution < -0.4 is 10.6 Å². The number of hydrogen-bond donors (Lipinski definition) is 2. The van der Waals surface area contributed by atoms with Crippen LogP contribution in [0.25, 0.3) is 5.69 Å². The molecule has 2 aromatic carbocycles. The van der Waals surface area contributed by atoms with Gasteiger partial charge in [0, 0.05) is 18.0 Å². The first kappa shape index (κ1) is 20.9. The molecule has 0 bridgehead atoms. The van der Waals surface area contributed by atoms with E-state index in [-0.39, 0.29) is 17.9 Å². The van der Waals surface area contributed by atoms with E-state index in [9.17, 15) is 9.18 Å². The van der Waals surface area contributed by atoms with Crippen LogP contribution in [0.4, 0.5) is 9.18 Å².